The van der Waals surface area contributed by atoms with Gasteiger partial charge in [0.2, 0.25) is 0 Å². The quantitative estimate of drug-likeness (QED) is 0.814. The van der Waals surface area contributed by atoms with Crippen LogP contribution in [0.15, 0.2) is 41.8 Å². The molecule has 0 aliphatic rings. The van der Waals surface area contributed by atoms with Crippen molar-refractivity contribution in [1.29, 1.82) is 0 Å². The Morgan fingerprint density at radius 2 is 2.00 bits per heavy atom. The second kappa shape index (κ2) is 5.31. The average Bonchev–Trinajstić information content (AvgIpc) is 2.92. The zero-order valence-corrected chi connectivity index (χ0v) is 11.4. The maximum Gasteiger partial charge on any atom is 0.281 e. The van der Waals surface area contributed by atoms with E-state index in [2.05, 4.69) is 9.97 Å². The van der Waals surface area contributed by atoms with Gasteiger partial charge in [0, 0.05) is 12.2 Å². The van der Waals surface area contributed by atoms with Crippen LogP contribution in [0.25, 0.3) is 0 Å². The van der Waals surface area contributed by atoms with Crippen LogP contribution in [0, 0.1) is 0 Å². The number of imidazole rings is 1. The molecule has 0 amide bonds. The Bertz CT molecular complexity index is 620. The molecule has 1 heterocycles. The van der Waals surface area contributed by atoms with E-state index in [9.17, 15) is 8.42 Å². The molecule has 2 rings (SSSR count). The number of sulfonamides is 1. The maximum atomic E-state index is 12.5. The number of hydrogen-bond donors (Lipinski definition) is 2. The van der Waals surface area contributed by atoms with Crippen molar-refractivity contribution < 1.29 is 8.42 Å². The Hall–Kier alpha value is -2.02. The molecule has 1 aromatic carbocycles. The highest BCUT2D eigenvalue weighted by molar-refractivity contribution is 7.92. The van der Waals surface area contributed by atoms with Crippen LogP contribution < -0.4 is 10.0 Å². The molecule has 1 aromatic heterocycles. The molecule has 0 spiro atoms. The Labute approximate surface area is 112 Å². The van der Waals surface area contributed by atoms with E-state index in [1.165, 1.54) is 16.8 Å². The Morgan fingerprint density at radius 3 is 2.53 bits per heavy atom. The van der Waals surface area contributed by atoms with Gasteiger partial charge in [-0.3, -0.25) is 4.31 Å². The van der Waals surface area contributed by atoms with Gasteiger partial charge in [0.25, 0.3) is 10.0 Å². The minimum Gasteiger partial charge on any atom is -0.399 e. The molecular formula is C12H16N4O2S. The van der Waals surface area contributed by atoms with Crippen LogP contribution in [-0.2, 0) is 10.0 Å². The maximum absolute atomic E-state index is 12.5. The molecular weight excluding hydrogens is 264 g/mol. The minimum atomic E-state index is -3.61. The van der Waals surface area contributed by atoms with E-state index in [0.717, 1.165) is 0 Å². The number of anilines is 2. The zero-order valence-electron chi connectivity index (χ0n) is 10.6. The summed E-state index contributed by atoms with van der Waals surface area (Å²) < 4.78 is 26.3. The second-order valence-electron chi connectivity index (χ2n) is 4.08. The molecule has 0 saturated heterocycles. The van der Waals surface area contributed by atoms with Crippen molar-refractivity contribution in [3.8, 4) is 0 Å². The summed E-state index contributed by atoms with van der Waals surface area (Å²) in [7, 11) is -3.61. The molecule has 0 radical (unpaired) electrons. The molecule has 2 aromatic rings. The van der Waals surface area contributed by atoms with Gasteiger partial charge in [-0.05, 0) is 30.7 Å². The SMILES string of the molecule is CCCN(c1ccc(N)cc1)S(=O)(=O)c1cnc[nH]1. The highest BCUT2D eigenvalue weighted by Crippen LogP contribution is 2.23. The third-order valence-corrected chi connectivity index (χ3v) is 4.40. The summed E-state index contributed by atoms with van der Waals surface area (Å²) in [4.78, 5) is 6.39. The summed E-state index contributed by atoms with van der Waals surface area (Å²) >= 11 is 0. The highest BCUT2D eigenvalue weighted by atomic mass is 32.2. The van der Waals surface area contributed by atoms with Crippen LogP contribution >= 0.6 is 0 Å². The van der Waals surface area contributed by atoms with Crippen LogP contribution in [-0.4, -0.2) is 24.9 Å². The van der Waals surface area contributed by atoms with Gasteiger partial charge >= 0.3 is 0 Å². The van der Waals surface area contributed by atoms with E-state index in [1.807, 2.05) is 6.92 Å². The Kier molecular flexibility index (Phi) is 3.75. The molecule has 0 aliphatic heterocycles. The summed E-state index contributed by atoms with van der Waals surface area (Å²) in [5.41, 5.74) is 6.81. The van der Waals surface area contributed by atoms with Crippen LogP contribution in [0.2, 0.25) is 0 Å². The predicted molar refractivity (Wildman–Crippen MR) is 74.3 cm³/mol. The van der Waals surface area contributed by atoms with E-state index in [-0.39, 0.29) is 5.03 Å². The van der Waals surface area contributed by atoms with Crippen molar-refractivity contribution in [1.82, 2.24) is 9.97 Å². The van der Waals surface area contributed by atoms with Gasteiger partial charge in [-0.2, -0.15) is 8.42 Å². The average molecular weight is 280 g/mol. The van der Waals surface area contributed by atoms with Crippen molar-refractivity contribution in [2.45, 2.75) is 18.4 Å². The molecule has 0 bridgehead atoms. The van der Waals surface area contributed by atoms with Gasteiger partial charge in [0.1, 0.15) is 0 Å². The summed E-state index contributed by atoms with van der Waals surface area (Å²) in [5.74, 6) is 0. The van der Waals surface area contributed by atoms with Crippen LogP contribution in [0.3, 0.4) is 0 Å². The number of nitrogens with zero attached hydrogens (tertiary/aromatic N) is 2. The Morgan fingerprint density at radius 1 is 1.32 bits per heavy atom. The standard InChI is InChI=1S/C12H16N4O2S/c1-2-7-16(11-5-3-10(13)4-6-11)19(17,18)12-8-14-9-15-12/h3-6,8-9H,2,7,13H2,1H3,(H,14,15). The van der Waals surface area contributed by atoms with E-state index in [1.54, 1.807) is 24.3 Å². The van der Waals surface area contributed by atoms with Crippen molar-refractivity contribution in [3.63, 3.8) is 0 Å². The summed E-state index contributed by atoms with van der Waals surface area (Å²) in [6, 6.07) is 6.75. The first-order valence-corrected chi connectivity index (χ1v) is 7.36. The Balaban J connectivity index is 2.43. The smallest absolute Gasteiger partial charge is 0.281 e. The fourth-order valence-corrected chi connectivity index (χ4v) is 3.19. The van der Waals surface area contributed by atoms with E-state index in [4.69, 9.17) is 5.73 Å². The molecule has 0 unspecified atom stereocenters. The monoisotopic (exact) mass is 280 g/mol. The normalized spacial score (nSPS) is 11.4. The molecule has 0 saturated carbocycles. The lowest BCUT2D eigenvalue weighted by molar-refractivity contribution is 0.587. The lowest BCUT2D eigenvalue weighted by Crippen LogP contribution is -2.32. The minimum absolute atomic E-state index is 0.0813. The fraction of sp³-hybridized carbons (Fsp3) is 0.250. The molecule has 6 nitrogen and oxygen atoms in total. The zero-order chi connectivity index (χ0) is 13.9. The number of hydrogen-bond acceptors (Lipinski definition) is 4. The number of nitrogens with two attached hydrogens (primary N) is 1. The number of nitrogens with one attached hydrogen (secondary N) is 1. The van der Waals surface area contributed by atoms with E-state index >= 15 is 0 Å². The first-order chi connectivity index (χ1) is 9.05. The number of nitrogen functional groups attached to an aromatic ring is 1. The van der Waals surface area contributed by atoms with E-state index in [0.29, 0.717) is 24.3 Å². The van der Waals surface area contributed by atoms with Crippen LogP contribution in [0.1, 0.15) is 13.3 Å². The lowest BCUT2D eigenvalue weighted by Gasteiger charge is -2.23. The van der Waals surface area contributed by atoms with Gasteiger partial charge in [0.05, 0.1) is 18.2 Å². The first kappa shape index (κ1) is 13.4. The van der Waals surface area contributed by atoms with Crippen LogP contribution in [0.5, 0.6) is 0 Å². The third kappa shape index (κ3) is 2.70. The van der Waals surface area contributed by atoms with Crippen molar-refractivity contribution in [2.75, 3.05) is 16.6 Å². The summed E-state index contributed by atoms with van der Waals surface area (Å²) in [6.45, 7) is 2.32. The largest absolute Gasteiger partial charge is 0.399 e. The highest BCUT2D eigenvalue weighted by Gasteiger charge is 2.25. The number of rotatable bonds is 5. The molecule has 0 atom stereocenters. The summed E-state index contributed by atoms with van der Waals surface area (Å²) in [6.07, 6.45) is 3.35. The van der Waals surface area contributed by atoms with Crippen LogP contribution in [0.4, 0.5) is 11.4 Å². The lowest BCUT2D eigenvalue weighted by atomic mass is 10.3. The third-order valence-electron chi connectivity index (χ3n) is 2.65. The van der Waals surface area contributed by atoms with E-state index < -0.39 is 10.0 Å². The number of benzene rings is 1. The van der Waals surface area contributed by atoms with Gasteiger partial charge < -0.3 is 10.7 Å². The molecule has 7 heteroatoms. The molecule has 102 valence electrons. The molecule has 19 heavy (non-hydrogen) atoms. The first-order valence-electron chi connectivity index (χ1n) is 5.92. The van der Waals surface area contributed by atoms with Gasteiger partial charge in [-0.1, -0.05) is 6.92 Å². The number of aromatic nitrogens is 2. The summed E-state index contributed by atoms with van der Waals surface area (Å²) in [5, 5.41) is 0.0813. The van der Waals surface area contributed by atoms with Crippen molar-refractivity contribution >= 4 is 21.4 Å². The second-order valence-corrected chi connectivity index (χ2v) is 5.92. The van der Waals surface area contributed by atoms with Crippen molar-refractivity contribution in [3.05, 3.63) is 36.8 Å². The topological polar surface area (TPSA) is 92.1 Å². The fourth-order valence-electron chi connectivity index (χ4n) is 1.73. The number of H-pyrrole nitrogens is 1. The van der Waals surface area contributed by atoms with Gasteiger partial charge in [-0.15, -0.1) is 0 Å². The molecule has 0 fully saturated rings. The van der Waals surface area contributed by atoms with Crippen molar-refractivity contribution in [2.24, 2.45) is 0 Å². The molecule has 3 N–H and O–H groups in total. The van der Waals surface area contributed by atoms with Gasteiger partial charge in [-0.25, -0.2) is 4.98 Å². The number of aromatic amines is 1. The van der Waals surface area contributed by atoms with Gasteiger partial charge in [0.15, 0.2) is 5.03 Å². The predicted octanol–water partition coefficient (Wildman–Crippen LogP) is 1.60. The molecule has 0 aliphatic carbocycles.